The Balaban J connectivity index is 1.41. The third-order valence-corrected chi connectivity index (χ3v) is 8.16. The fraction of sp³-hybridized carbons (Fsp3) is 0.577. The van der Waals surface area contributed by atoms with Crippen LogP contribution < -0.4 is 10.3 Å². The van der Waals surface area contributed by atoms with Gasteiger partial charge in [-0.15, -0.1) is 5.10 Å². The van der Waals surface area contributed by atoms with Gasteiger partial charge in [0, 0.05) is 43.5 Å². The summed E-state index contributed by atoms with van der Waals surface area (Å²) in [5.74, 6) is 2.05. The second-order valence-corrected chi connectivity index (χ2v) is 10.7. The molecule has 0 bridgehead atoms. The molecule has 0 unspecified atom stereocenters. The van der Waals surface area contributed by atoms with E-state index >= 15 is 0 Å². The van der Waals surface area contributed by atoms with Crippen LogP contribution >= 0.6 is 11.9 Å². The maximum atomic E-state index is 13.0. The summed E-state index contributed by atoms with van der Waals surface area (Å²) in [5.41, 5.74) is 1.85. The number of hydrogen-bond acceptors (Lipinski definition) is 7. The first-order valence-corrected chi connectivity index (χ1v) is 13.8. The van der Waals surface area contributed by atoms with Crippen LogP contribution in [-0.4, -0.2) is 67.6 Å². The van der Waals surface area contributed by atoms with Gasteiger partial charge in [-0.2, -0.15) is 0 Å². The van der Waals surface area contributed by atoms with Crippen molar-refractivity contribution in [2.45, 2.75) is 70.2 Å². The molecule has 1 aliphatic heterocycles. The molecule has 8 nitrogen and oxygen atoms in total. The highest BCUT2D eigenvalue weighted by Gasteiger charge is 2.26. The van der Waals surface area contributed by atoms with Crippen LogP contribution in [0.5, 0.6) is 5.75 Å². The fourth-order valence-corrected chi connectivity index (χ4v) is 6.30. The predicted octanol–water partition coefficient (Wildman–Crippen LogP) is 4.31. The van der Waals surface area contributed by atoms with Crippen molar-refractivity contribution in [2.24, 2.45) is 0 Å². The van der Waals surface area contributed by atoms with Gasteiger partial charge in [0.1, 0.15) is 11.6 Å². The van der Waals surface area contributed by atoms with Crippen LogP contribution in [0.3, 0.4) is 0 Å². The van der Waals surface area contributed by atoms with E-state index in [0.717, 1.165) is 67.1 Å². The van der Waals surface area contributed by atoms with Crippen molar-refractivity contribution in [1.82, 2.24) is 28.8 Å². The van der Waals surface area contributed by atoms with E-state index in [4.69, 9.17) is 9.84 Å². The summed E-state index contributed by atoms with van der Waals surface area (Å²) in [4.78, 5) is 24.4. The third kappa shape index (κ3) is 5.13. The minimum Gasteiger partial charge on any atom is -0.493 e. The lowest BCUT2D eigenvalue weighted by Crippen LogP contribution is -2.47. The van der Waals surface area contributed by atoms with Crippen LogP contribution in [0.2, 0.25) is 0 Å². The van der Waals surface area contributed by atoms with E-state index in [1.54, 1.807) is 16.5 Å². The molecule has 2 fully saturated rings. The number of nitrogens with zero attached hydrogens (tertiary/aromatic N) is 5. The highest BCUT2D eigenvalue weighted by molar-refractivity contribution is 7.97. The molecule has 3 aromatic rings. The molecule has 188 valence electrons. The van der Waals surface area contributed by atoms with Crippen molar-refractivity contribution in [3.8, 4) is 17.1 Å². The van der Waals surface area contributed by atoms with E-state index in [0.29, 0.717) is 23.6 Å². The normalized spacial score (nSPS) is 18.0. The second-order valence-electron chi connectivity index (χ2n) is 9.51. The average Bonchev–Trinajstić information content (AvgIpc) is 3.50. The number of rotatable bonds is 8. The number of ether oxygens (including phenoxy) is 1. The molecule has 1 aromatic carbocycles. The van der Waals surface area contributed by atoms with Crippen molar-refractivity contribution in [3.63, 3.8) is 0 Å². The average molecular weight is 497 g/mol. The van der Waals surface area contributed by atoms with Crippen LogP contribution in [0, 0.1) is 6.92 Å². The monoisotopic (exact) mass is 496 g/mol. The first-order valence-electron chi connectivity index (χ1n) is 13.0. The Labute approximate surface area is 211 Å². The van der Waals surface area contributed by atoms with E-state index < -0.39 is 0 Å². The number of imidazole rings is 1. The van der Waals surface area contributed by atoms with Gasteiger partial charge in [0.15, 0.2) is 11.3 Å². The Morgan fingerprint density at radius 2 is 1.91 bits per heavy atom. The molecule has 2 aliphatic rings. The van der Waals surface area contributed by atoms with Gasteiger partial charge < -0.3 is 9.72 Å². The molecule has 35 heavy (non-hydrogen) atoms. The molecule has 1 N–H and O–H groups in total. The maximum absolute atomic E-state index is 13.0. The molecule has 3 heterocycles. The van der Waals surface area contributed by atoms with Gasteiger partial charge in [-0.3, -0.25) is 9.69 Å². The van der Waals surface area contributed by atoms with Crippen molar-refractivity contribution in [2.75, 3.05) is 32.8 Å². The van der Waals surface area contributed by atoms with Gasteiger partial charge in [-0.05, 0) is 63.3 Å². The lowest BCUT2D eigenvalue weighted by molar-refractivity contribution is 0.144. The van der Waals surface area contributed by atoms with Gasteiger partial charge in [0.05, 0.1) is 17.9 Å². The highest BCUT2D eigenvalue weighted by Crippen LogP contribution is 2.34. The van der Waals surface area contributed by atoms with Crippen molar-refractivity contribution in [1.29, 1.82) is 0 Å². The summed E-state index contributed by atoms with van der Waals surface area (Å²) in [6.07, 6.45) is 7.20. The van der Waals surface area contributed by atoms with E-state index in [2.05, 4.69) is 38.2 Å². The number of aromatic nitrogens is 4. The van der Waals surface area contributed by atoms with Crippen LogP contribution in [-0.2, 0) is 6.42 Å². The number of fused-ring (bicyclic) bond motifs is 1. The summed E-state index contributed by atoms with van der Waals surface area (Å²) in [5, 5.41) is 4.82. The van der Waals surface area contributed by atoms with Crippen LogP contribution in [0.15, 0.2) is 27.9 Å². The SMILES string of the molecule is CCCc1nc(C)c2c(=O)[nH]c(-c3cc(SN4CCN(C5CCCC5)CC4)ccc3OCC)nn12. The standard InChI is InChI=1S/C26H36N6O2S/c1-4-8-23-27-18(3)24-26(33)28-25(29-32(23)24)21-17-20(11-12-22(21)34-5-2)35-31-15-13-30(14-16-31)19-9-6-7-10-19/h11-12,17,19H,4-10,13-16H2,1-3H3,(H,28,29,33). The van der Waals surface area contributed by atoms with E-state index in [9.17, 15) is 4.79 Å². The molecule has 0 radical (unpaired) electrons. The third-order valence-electron chi connectivity index (χ3n) is 7.07. The molecule has 9 heteroatoms. The lowest BCUT2D eigenvalue weighted by Gasteiger charge is -2.37. The molecule has 2 aromatic heterocycles. The maximum Gasteiger partial charge on any atom is 0.277 e. The van der Waals surface area contributed by atoms with Crippen molar-refractivity contribution in [3.05, 3.63) is 40.1 Å². The first-order chi connectivity index (χ1) is 17.1. The van der Waals surface area contributed by atoms with Crippen LogP contribution in [0.25, 0.3) is 16.9 Å². The minimum absolute atomic E-state index is 0.175. The summed E-state index contributed by atoms with van der Waals surface area (Å²) in [6, 6.07) is 6.98. The molecule has 1 saturated heterocycles. The zero-order valence-corrected chi connectivity index (χ0v) is 21.9. The number of aryl methyl sites for hydroxylation is 2. The summed E-state index contributed by atoms with van der Waals surface area (Å²) in [6.45, 7) is 10.8. The summed E-state index contributed by atoms with van der Waals surface area (Å²) in [7, 11) is 0. The molecule has 5 rings (SSSR count). The molecule has 0 atom stereocenters. The number of benzene rings is 1. The lowest BCUT2D eigenvalue weighted by atomic mass is 10.2. The Kier molecular flexibility index (Phi) is 7.45. The molecule has 1 saturated carbocycles. The van der Waals surface area contributed by atoms with Gasteiger partial charge in [-0.1, -0.05) is 19.8 Å². The van der Waals surface area contributed by atoms with Crippen LogP contribution in [0.1, 0.15) is 57.5 Å². The Hall–Kier alpha value is -2.36. The van der Waals surface area contributed by atoms with Gasteiger partial charge in [0.25, 0.3) is 5.56 Å². The highest BCUT2D eigenvalue weighted by atomic mass is 32.2. The van der Waals surface area contributed by atoms with Crippen molar-refractivity contribution >= 4 is 17.5 Å². The second kappa shape index (κ2) is 10.7. The largest absolute Gasteiger partial charge is 0.493 e. The Morgan fingerprint density at radius 3 is 2.63 bits per heavy atom. The predicted molar refractivity (Wildman–Crippen MR) is 140 cm³/mol. The van der Waals surface area contributed by atoms with Crippen LogP contribution in [0.4, 0.5) is 0 Å². The number of H-pyrrole nitrogens is 1. The zero-order valence-electron chi connectivity index (χ0n) is 21.0. The topological polar surface area (TPSA) is 78.8 Å². The quantitative estimate of drug-likeness (QED) is 0.466. The molecule has 1 aliphatic carbocycles. The molecular formula is C26H36N6O2S. The summed E-state index contributed by atoms with van der Waals surface area (Å²) < 4.78 is 10.1. The van der Waals surface area contributed by atoms with Gasteiger partial charge in [-0.25, -0.2) is 13.8 Å². The number of aromatic amines is 1. The van der Waals surface area contributed by atoms with E-state index in [1.165, 1.54) is 25.7 Å². The summed E-state index contributed by atoms with van der Waals surface area (Å²) >= 11 is 1.78. The van der Waals surface area contributed by atoms with Crippen molar-refractivity contribution < 1.29 is 4.74 Å². The smallest absolute Gasteiger partial charge is 0.277 e. The first kappa shape index (κ1) is 24.3. The molecule has 0 amide bonds. The molecule has 0 spiro atoms. The Bertz CT molecular complexity index is 1220. The van der Waals surface area contributed by atoms with E-state index in [1.807, 2.05) is 19.9 Å². The van der Waals surface area contributed by atoms with Gasteiger partial charge >= 0.3 is 0 Å². The Morgan fingerprint density at radius 1 is 1.14 bits per heavy atom. The molecular weight excluding hydrogens is 460 g/mol. The van der Waals surface area contributed by atoms with Gasteiger partial charge in [0.2, 0.25) is 0 Å². The fourth-order valence-electron chi connectivity index (χ4n) is 5.35. The number of hydrogen-bond donors (Lipinski definition) is 1. The zero-order chi connectivity index (χ0) is 24.4. The number of nitrogens with one attached hydrogen (secondary N) is 1. The number of piperazine rings is 1. The van der Waals surface area contributed by atoms with E-state index in [-0.39, 0.29) is 5.56 Å². The minimum atomic E-state index is -0.175.